The van der Waals surface area contributed by atoms with E-state index < -0.39 is 32.5 Å². The second-order valence-corrected chi connectivity index (χ2v) is 7.91. The molecule has 2 heterocycles. The van der Waals surface area contributed by atoms with Crippen LogP contribution in [0.2, 0.25) is 0 Å². The highest BCUT2D eigenvalue weighted by molar-refractivity contribution is 7.93. The summed E-state index contributed by atoms with van der Waals surface area (Å²) in [6, 6.07) is 0. The average molecular weight is 392 g/mol. The van der Waals surface area contributed by atoms with Crippen LogP contribution >= 0.6 is 0 Å². The molecule has 0 saturated carbocycles. The molecule has 2 unspecified atom stereocenters. The number of esters is 2. The molecule has 27 heavy (non-hydrogen) atoms. The molecule has 0 bridgehead atoms. The number of methoxy groups -OCH3 is 2. The van der Waals surface area contributed by atoms with Gasteiger partial charge in [-0.2, -0.15) is 0 Å². The van der Waals surface area contributed by atoms with Gasteiger partial charge >= 0.3 is 11.9 Å². The molecule has 2 rings (SSSR count). The standard InChI is InChI=1S/C18H20N2O6S/c1-11-5-7-13(9-15(21)25-3)17(19-11)27(23,24)18-14(10-16(22)26-4)8-6-12(2)20-18/h5-10,17-18H,1-4H3. The molecule has 0 aromatic rings. The lowest BCUT2D eigenvalue weighted by molar-refractivity contribution is -0.135. The third-order valence-corrected chi connectivity index (χ3v) is 5.84. The van der Waals surface area contributed by atoms with Crippen LogP contribution in [0.4, 0.5) is 0 Å². The van der Waals surface area contributed by atoms with Crippen molar-refractivity contribution < 1.29 is 27.5 Å². The normalized spacial score (nSPS) is 25.2. The molecule has 144 valence electrons. The Balaban J connectivity index is 2.56. The molecule has 0 aliphatic carbocycles. The number of allylic oxidation sites excluding steroid dienone is 2. The maximum Gasteiger partial charge on any atom is 0.330 e. The van der Waals surface area contributed by atoms with E-state index in [1.807, 2.05) is 0 Å². The number of dihydropyridines is 2. The van der Waals surface area contributed by atoms with E-state index in [0.717, 1.165) is 12.2 Å². The molecule has 0 saturated heterocycles. The first kappa shape index (κ1) is 20.5. The number of sulfone groups is 1. The van der Waals surface area contributed by atoms with Crippen LogP contribution in [0, 0.1) is 0 Å². The van der Waals surface area contributed by atoms with Gasteiger partial charge in [0.2, 0.25) is 9.84 Å². The fraction of sp³-hybridized carbons (Fsp3) is 0.333. The molecule has 0 fully saturated rings. The lowest BCUT2D eigenvalue weighted by Crippen LogP contribution is -2.35. The zero-order valence-corrected chi connectivity index (χ0v) is 16.2. The Morgan fingerprint density at radius 3 is 1.56 bits per heavy atom. The van der Waals surface area contributed by atoms with Crippen molar-refractivity contribution in [3.63, 3.8) is 0 Å². The van der Waals surface area contributed by atoms with Gasteiger partial charge in [-0.3, -0.25) is 9.98 Å². The van der Waals surface area contributed by atoms with Gasteiger partial charge in [0.15, 0.2) is 10.7 Å². The predicted molar refractivity (Wildman–Crippen MR) is 101 cm³/mol. The molecule has 2 aliphatic rings. The predicted octanol–water partition coefficient (Wildman–Crippen LogP) is 1.31. The van der Waals surface area contributed by atoms with Gasteiger partial charge in [0.25, 0.3) is 0 Å². The van der Waals surface area contributed by atoms with Crippen molar-refractivity contribution in [3.05, 3.63) is 47.6 Å². The Bertz CT molecular complexity index is 865. The number of aliphatic imine (C=N–C) groups is 2. The van der Waals surface area contributed by atoms with Gasteiger partial charge in [-0.15, -0.1) is 0 Å². The third kappa shape index (κ3) is 4.68. The van der Waals surface area contributed by atoms with E-state index in [9.17, 15) is 18.0 Å². The van der Waals surface area contributed by atoms with Crippen molar-refractivity contribution in [3.8, 4) is 0 Å². The largest absolute Gasteiger partial charge is 0.466 e. The van der Waals surface area contributed by atoms with Gasteiger partial charge in [0, 0.05) is 23.6 Å². The summed E-state index contributed by atoms with van der Waals surface area (Å²) in [5, 5.41) is -2.70. The quantitative estimate of drug-likeness (QED) is 0.527. The van der Waals surface area contributed by atoms with Gasteiger partial charge in [-0.05, 0) is 37.1 Å². The second kappa shape index (κ2) is 8.26. The summed E-state index contributed by atoms with van der Waals surface area (Å²) in [6.07, 6.45) is 8.35. The van der Waals surface area contributed by atoms with E-state index in [1.165, 1.54) is 26.4 Å². The second-order valence-electron chi connectivity index (χ2n) is 5.84. The van der Waals surface area contributed by atoms with Crippen molar-refractivity contribution in [2.45, 2.75) is 24.6 Å². The highest BCUT2D eigenvalue weighted by Gasteiger charge is 2.39. The smallest absolute Gasteiger partial charge is 0.330 e. The van der Waals surface area contributed by atoms with Crippen LogP contribution in [0.25, 0.3) is 0 Å². The molecule has 8 nitrogen and oxygen atoms in total. The number of rotatable bonds is 4. The van der Waals surface area contributed by atoms with Gasteiger partial charge < -0.3 is 9.47 Å². The van der Waals surface area contributed by atoms with Crippen molar-refractivity contribution >= 4 is 33.2 Å². The molecule has 2 atom stereocenters. The Hall–Kier alpha value is -2.81. The Labute approximate surface area is 157 Å². The zero-order chi connectivity index (χ0) is 20.2. The molecule has 0 aromatic heterocycles. The van der Waals surface area contributed by atoms with Crippen LogP contribution in [0.5, 0.6) is 0 Å². The first-order valence-electron chi connectivity index (χ1n) is 7.95. The molecule has 0 N–H and O–H groups in total. The van der Waals surface area contributed by atoms with Crippen LogP contribution in [0.15, 0.2) is 57.6 Å². The molecule has 0 spiro atoms. The van der Waals surface area contributed by atoms with Crippen molar-refractivity contribution in [1.82, 2.24) is 0 Å². The van der Waals surface area contributed by atoms with Gasteiger partial charge in [-0.25, -0.2) is 18.0 Å². The first-order valence-corrected chi connectivity index (χ1v) is 9.56. The number of ether oxygens (including phenoxy) is 2. The van der Waals surface area contributed by atoms with Crippen molar-refractivity contribution in [2.75, 3.05) is 14.2 Å². The molecule has 9 heteroatoms. The number of carbonyl (C=O) groups excluding carboxylic acids is 2. The van der Waals surface area contributed by atoms with Gasteiger partial charge in [0.05, 0.1) is 14.2 Å². The highest BCUT2D eigenvalue weighted by Crippen LogP contribution is 2.29. The summed E-state index contributed by atoms with van der Waals surface area (Å²) in [5.74, 6) is -1.39. The summed E-state index contributed by atoms with van der Waals surface area (Å²) >= 11 is 0. The molecule has 0 radical (unpaired) electrons. The maximum absolute atomic E-state index is 13.3. The molecule has 0 aromatic carbocycles. The van der Waals surface area contributed by atoms with Crippen molar-refractivity contribution in [2.24, 2.45) is 9.98 Å². The van der Waals surface area contributed by atoms with Crippen LogP contribution in [-0.2, 0) is 28.9 Å². The summed E-state index contributed by atoms with van der Waals surface area (Å²) < 4.78 is 35.8. The molecular weight excluding hydrogens is 372 g/mol. The SMILES string of the molecule is COC(=O)C=C1C=CC(C)=NC1S(=O)(=O)C1N=C(C)C=CC1=CC(=O)OC. The number of carbonyl (C=O) groups is 2. The lowest BCUT2D eigenvalue weighted by atomic mass is 10.1. The van der Waals surface area contributed by atoms with E-state index in [0.29, 0.717) is 11.4 Å². The lowest BCUT2D eigenvalue weighted by Gasteiger charge is -2.25. The number of hydrogen-bond acceptors (Lipinski definition) is 8. The third-order valence-electron chi connectivity index (χ3n) is 3.84. The van der Waals surface area contributed by atoms with Crippen molar-refractivity contribution in [1.29, 1.82) is 0 Å². The minimum atomic E-state index is -4.09. The Kier molecular flexibility index (Phi) is 6.27. The van der Waals surface area contributed by atoms with Gasteiger partial charge in [0.1, 0.15) is 0 Å². The minimum absolute atomic E-state index is 0.160. The van der Waals surface area contributed by atoms with Crippen LogP contribution in [-0.4, -0.2) is 56.7 Å². The Morgan fingerprint density at radius 2 is 1.22 bits per heavy atom. The minimum Gasteiger partial charge on any atom is -0.466 e. The summed E-state index contributed by atoms with van der Waals surface area (Å²) in [6.45, 7) is 3.29. The van der Waals surface area contributed by atoms with E-state index in [1.54, 1.807) is 26.0 Å². The topological polar surface area (TPSA) is 111 Å². The monoisotopic (exact) mass is 392 g/mol. The van der Waals surface area contributed by atoms with E-state index >= 15 is 0 Å². The van der Waals surface area contributed by atoms with Crippen LogP contribution in [0.3, 0.4) is 0 Å². The molecule has 2 aliphatic heterocycles. The van der Waals surface area contributed by atoms with E-state index in [-0.39, 0.29) is 11.1 Å². The zero-order valence-electron chi connectivity index (χ0n) is 15.4. The summed E-state index contributed by atoms with van der Waals surface area (Å²) in [4.78, 5) is 31.6. The fourth-order valence-corrected chi connectivity index (χ4v) is 4.40. The van der Waals surface area contributed by atoms with Crippen LogP contribution < -0.4 is 0 Å². The molecular formula is C18H20N2O6S. The highest BCUT2D eigenvalue weighted by atomic mass is 32.2. The van der Waals surface area contributed by atoms with Crippen LogP contribution in [0.1, 0.15) is 13.8 Å². The fourth-order valence-electron chi connectivity index (χ4n) is 2.48. The molecule has 0 amide bonds. The number of nitrogens with zero attached hydrogens (tertiary/aromatic N) is 2. The Morgan fingerprint density at radius 1 is 0.852 bits per heavy atom. The number of hydrogen-bond donors (Lipinski definition) is 0. The van der Waals surface area contributed by atoms with E-state index in [2.05, 4.69) is 19.5 Å². The summed E-state index contributed by atoms with van der Waals surface area (Å²) in [7, 11) is -1.70. The average Bonchev–Trinajstić information content (AvgIpc) is 2.64. The van der Waals surface area contributed by atoms with E-state index in [4.69, 9.17) is 0 Å². The van der Waals surface area contributed by atoms with Gasteiger partial charge in [-0.1, -0.05) is 12.2 Å². The maximum atomic E-state index is 13.3. The summed E-state index contributed by atoms with van der Waals surface area (Å²) in [5.41, 5.74) is 1.28. The first-order chi connectivity index (χ1) is 12.7.